The quantitative estimate of drug-likeness (QED) is 0.770. The van der Waals surface area contributed by atoms with Crippen LogP contribution in [0.3, 0.4) is 0 Å². The lowest BCUT2D eigenvalue weighted by molar-refractivity contribution is 0.0933. The summed E-state index contributed by atoms with van der Waals surface area (Å²) in [5.74, 6) is 0.689. The molecule has 3 rings (SSSR count). The molecule has 1 amide bonds. The molecule has 1 unspecified atom stereocenters. The van der Waals surface area contributed by atoms with Gasteiger partial charge in [0.1, 0.15) is 5.69 Å². The number of rotatable bonds is 5. The van der Waals surface area contributed by atoms with Crippen LogP contribution in [0.1, 0.15) is 23.3 Å². The van der Waals surface area contributed by atoms with Gasteiger partial charge in [-0.25, -0.2) is 0 Å². The molecule has 24 heavy (non-hydrogen) atoms. The molecule has 0 fully saturated rings. The smallest absolute Gasteiger partial charge is 0.270 e. The zero-order valence-electron chi connectivity index (χ0n) is 12.9. The number of pyridine rings is 1. The van der Waals surface area contributed by atoms with Gasteiger partial charge in [-0.15, -0.1) is 0 Å². The summed E-state index contributed by atoms with van der Waals surface area (Å²) in [6, 6.07) is 12.5. The van der Waals surface area contributed by atoms with Crippen molar-refractivity contribution in [3.63, 3.8) is 0 Å². The number of nitrogens with zero attached hydrogens (tertiary/aromatic N) is 3. The second-order valence-electron chi connectivity index (χ2n) is 5.32. The average molecular weight is 343 g/mol. The molecule has 3 aromatic rings. The minimum atomic E-state index is -0.298. The van der Waals surface area contributed by atoms with Crippen LogP contribution in [-0.4, -0.2) is 27.1 Å². The van der Waals surface area contributed by atoms with Gasteiger partial charge in [0, 0.05) is 29.2 Å². The summed E-state index contributed by atoms with van der Waals surface area (Å²) < 4.78 is 5.25. The topological polar surface area (TPSA) is 80.9 Å². The van der Waals surface area contributed by atoms with Gasteiger partial charge in [0.25, 0.3) is 5.91 Å². The third kappa shape index (κ3) is 3.97. The van der Waals surface area contributed by atoms with Crippen LogP contribution in [0.5, 0.6) is 0 Å². The highest BCUT2D eigenvalue weighted by atomic mass is 35.5. The van der Waals surface area contributed by atoms with Crippen molar-refractivity contribution in [2.75, 3.05) is 0 Å². The summed E-state index contributed by atoms with van der Waals surface area (Å²) in [4.78, 5) is 20.5. The van der Waals surface area contributed by atoms with Crippen LogP contribution in [0, 0.1) is 0 Å². The first-order chi connectivity index (χ1) is 11.6. The molecular weight excluding hydrogens is 328 g/mol. The first kappa shape index (κ1) is 16.1. The lowest BCUT2D eigenvalue weighted by Gasteiger charge is -2.11. The van der Waals surface area contributed by atoms with Crippen molar-refractivity contribution in [1.82, 2.24) is 20.4 Å². The van der Waals surface area contributed by atoms with E-state index in [-0.39, 0.29) is 17.6 Å². The summed E-state index contributed by atoms with van der Waals surface area (Å²) in [5.41, 5.74) is 1.15. The largest absolute Gasteiger partial charge is 0.348 e. The second kappa shape index (κ2) is 7.23. The highest BCUT2D eigenvalue weighted by molar-refractivity contribution is 6.30. The van der Waals surface area contributed by atoms with E-state index in [1.807, 2.05) is 37.3 Å². The second-order valence-corrected chi connectivity index (χ2v) is 5.75. The maximum absolute atomic E-state index is 12.1. The van der Waals surface area contributed by atoms with Gasteiger partial charge in [-0.2, -0.15) is 4.98 Å². The van der Waals surface area contributed by atoms with Gasteiger partial charge >= 0.3 is 0 Å². The molecule has 0 saturated carbocycles. The summed E-state index contributed by atoms with van der Waals surface area (Å²) in [5, 5.41) is 7.26. The Morgan fingerprint density at radius 2 is 2.08 bits per heavy atom. The SMILES string of the molecule is CC(Cc1nc(-c2ccccc2)no1)NC(=O)c1cc(Cl)ccn1. The molecule has 0 saturated heterocycles. The van der Waals surface area contributed by atoms with Crippen molar-refractivity contribution < 1.29 is 9.32 Å². The predicted molar refractivity (Wildman–Crippen MR) is 89.6 cm³/mol. The Hall–Kier alpha value is -2.73. The molecule has 1 aromatic carbocycles. The van der Waals surface area contributed by atoms with Crippen molar-refractivity contribution in [3.05, 3.63) is 65.3 Å². The third-order valence-corrected chi connectivity index (χ3v) is 3.55. The van der Waals surface area contributed by atoms with Crippen LogP contribution >= 0.6 is 11.6 Å². The third-order valence-electron chi connectivity index (χ3n) is 3.31. The minimum Gasteiger partial charge on any atom is -0.348 e. The van der Waals surface area contributed by atoms with E-state index < -0.39 is 0 Å². The van der Waals surface area contributed by atoms with Gasteiger partial charge in [0.2, 0.25) is 11.7 Å². The standard InChI is InChI=1S/C17H15ClN4O2/c1-11(20-17(23)14-10-13(18)7-8-19-14)9-15-21-16(22-24-15)12-5-3-2-4-6-12/h2-8,10-11H,9H2,1H3,(H,20,23). The fourth-order valence-corrected chi connectivity index (χ4v) is 2.34. The molecule has 1 atom stereocenters. The molecule has 1 N–H and O–H groups in total. The van der Waals surface area contributed by atoms with E-state index in [1.165, 1.54) is 12.3 Å². The molecule has 0 aliphatic heterocycles. The number of halogens is 1. The van der Waals surface area contributed by atoms with Gasteiger partial charge in [-0.3, -0.25) is 9.78 Å². The van der Waals surface area contributed by atoms with Gasteiger partial charge in [0.15, 0.2) is 0 Å². The minimum absolute atomic E-state index is 0.192. The zero-order valence-corrected chi connectivity index (χ0v) is 13.7. The van der Waals surface area contributed by atoms with Crippen molar-refractivity contribution in [1.29, 1.82) is 0 Å². The summed E-state index contributed by atoms with van der Waals surface area (Å²) >= 11 is 5.86. The number of amides is 1. The molecule has 122 valence electrons. The first-order valence-corrected chi connectivity index (χ1v) is 7.80. The summed E-state index contributed by atoms with van der Waals surface area (Å²) in [7, 11) is 0. The van der Waals surface area contributed by atoms with Crippen molar-refractivity contribution in [2.24, 2.45) is 0 Å². The molecule has 6 nitrogen and oxygen atoms in total. The van der Waals surface area contributed by atoms with E-state index in [9.17, 15) is 4.79 Å². The monoisotopic (exact) mass is 342 g/mol. The number of hydrogen-bond acceptors (Lipinski definition) is 5. The molecule has 0 aliphatic carbocycles. The lowest BCUT2D eigenvalue weighted by atomic mass is 10.2. The van der Waals surface area contributed by atoms with Crippen LogP contribution in [0.15, 0.2) is 53.2 Å². The van der Waals surface area contributed by atoms with E-state index in [0.29, 0.717) is 23.2 Å². The fourth-order valence-electron chi connectivity index (χ4n) is 2.18. The van der Waals surface area contributed by atoms with Crippen molar-refractivity contribution >= 4 is 17.5 Å². The molecule has 2 heterocycles. The molecule has 7 heteroatoms. The van der Waals surface area contributed by atoms with Gasteiger partial charge < -0.3 is 9.84 Å². The van der Waals surface area contributed by atoms with Crippen LogP contribution in [0.25, 0.3) is 11.4 Å². The number of nitrogens with one attached hydrogen (secondary N) is 1. The molecule has 2 aromatic heterocycles. The summed E-state index contributed by atoms with van der Waals surface area (Å²) in [6.07, 6.45) is 1.91. The Morgan fingerprint density at radius 3 is 2.83 bits per heavy atom. The molecule has 0 radical (unpaired) electrons. The highest BCUT2D eigenvalue weighted by Crippen LogP contribution is 2.15. The number of carbonyl (C=O) groups is 1. The summed E-state index contributed by atoms with van der Waals surface area (Å²) in [6.45, 7) is 1.86. The Bertz CT molecular complexity index is 835. The average Bonchev–Trinajstić information content (AvgIpc) is 3.04. The number of hydrogen-bond donors (Lipinski definition) is 1. The normalized spacial score (nSPS) is 11.9. The maximum Gasteiger partial charge on any atom is 0.270 e. The predicted octanol–water partition coefficient (Wildman–Crippen LogP) is 3.15. The number of carbonyl (C=O) groups excluding carboxylic acids is 1. The lowest BCUT2D eigenvalue weighted by Crippen LogP contribution is -2.34. The molecule has 0 aliphatic rings. The van der Waals surface area contributed by atoms with Crippen LogP contribution < -0.4 is 5.32 Å². The number of benzene rings is 1. The van der Waals surface area contributed by atoms with Gasteiger partial charge in [0.05, 0.1) is 0 Å². The Morgan fingerprint density at radius 1 is 1.29 bits per heavy atom. The first-order valence-electron chi connectivity index (χ1n) is 7.42. The van der Waals surface area contributed by atoms with E-state index in [0.717, 1.165) is 5.56 Å². The van der Waals surface area contributed by atoms with Crippen molar-refractivity contribution in [2.45, 2.75) is 19.4 Å². The van der Waals surface area contributed by atoms with Gasteiger partial charge in [-0.05, 0) is 19.1 Å². The Labute approximate surface area is 143 Å². The molecule has 0 spiro atoms. The van der Waals surface area contributed by atoms with Crippen LogP contribution in [0.4, 0.5) is 0 Å². The highest BCUT2D eigenvalue weighted by Gasteiger charge is 2.15. The Kier molecular flexibility index (Phi) is 4.86. The van der Waals surface area contributed by atoms with E-state index >= 15 is 0 Å². The van der Waals surface area contributed by atoms with E-state index in [1.54, 1.807) is 6.07 Å². The molecular formula is C17H15ClN4O2. The van der Waals surface area contributed by atoms with Crippen molar-refractivity contribution in [3.8, 4) is 11.4 Å². The van der Waals surface area contributed by atoms with Crippen LogP contribution in [0.2, 0.25) is 5.02 Å². The van der Waals surface area contributed by atoms with E-state index in [4.69, 9.17) is 16.1 Å². The van der Waals surface area contributed by atoms with Crippen LogP contribution in [-0.2, 0) is 6.42 Å². The zero-order chi connectivity index (χ0) is 16.9. The maximum atomic E-state index is 12.1. The number of aromatic nitrogens is 3. The Balaban J connectivity index is 1.62. The fraction of sp³-hybridized carbons (Fsp3) is 0.176. The van der Waals surface area contributed by atoms with Gasteiger partial charge in [-0.1, -0.05) is 47.1 Å². The molecule has 0 bridgehead atoms. The van der Waals surface area contributed by atoms with E-state index in [2.05, 4.69) is 20.4 Å².